The lowest BCUT2D eigenvalue weighted by atomic mass is 10.1. The van der Waals surface area contributed by atoms with E-state index in [1.165, 1.54) is 12.1 Å². The molecular formula is C24H16FN5O. The van der Waals surface area contributed by atoms with Gasteiger partial charge in [0.25, 0.3) is 0 Å². The molecule has 0 aliphatic carbocycles. The van der Waals surface area contributed by atoms with Crippen molar-refractivity contribution in [1.82, 2.24) is 24.7 Å². The molecule has 31 heavy (non-hydrogen) atoms. The number of aryl methyl sites for hydroxylation is 1. The van der Waals surface area contributed by atoms with E-state index in [9.17, 15) is 4.39 Å². The second-order valence-electron chi connectivity index (χ2n) is 7.50. The predicted octanol–water partition coefficient (Wildman–Crippen LogP) is 5.28. The Balaban J connectivity index is 1.51. The van der Waals surface area contributed by atoms with Crippen LogP contribution in [0.1, 0.15) is 11.5 Å². The Labute approximate surface area is 176 Å². The first-order valence-corrected chi connectivity index (χ1v) is 9.89. The van der Waals surface area contributed by atoms with Crippen molar-refractivity contribution in [3.63, 3.8) is 0 Å². The molecule has 7 heteroatoms. The van der Waals surface area contributed by atoms with E-state index in [4.69, 9.17) is 14.4 Å². The number of hydrogen-bond donors (Lipinski definition) is 0. The number of para-hydroxylation sites is 2. The highest BCUT2D eigenvalue weighted by molar-refractivity contribution is 6.06. The summed E-state index contributed by atoms with van der Waals surface area (Å²) in [6.07, 6.45) is 0. The zero-order chi connectivity index (χ0) is 20.9. The zero-order valence-corrected chi connectivity index (χ0v) is 16.6. The van der Waals surface area contributed by atoms with E-state index in [-0.39, 0.29) is 5.82 Å². The molecule has 3 heterocycles. The SMILES string of the molecule is Cc1ccc(-c2nnc(Cn3c4ccc(F)cc4c4nc5ccccc5nc43)o2)cc1. The summed E-state index contributed by atoms with van der Waals surface area (Å²) in [5.74, 6) is 0.577. The summed E-state index contributed by atoms with van der Waals surface area (Å²) in [6, 6.07) is 20.2. The Kier molecular flexibility index (Phi) is 3.83. The van der Waals surface area contributed by atoms with Gasteiger partial charge in [0.05, 0.1) is 16.6 Å². The summed E-state index contributed by atoms with van der Waals surface area (Å²) in [5.41, 5.74) is 5.65. The smallest absolute Gasteiger partial charge is 0.247 e. The molecule has 6 nitrogen and oxygen atoms in total. The molecule has 0 bridgehead atoms. The van der Waals surface area contributed by atoms with E-state index >= 15 is 0 Å². The molecule has 0 saturated heterocycles. The van der Waals surface area contributed by atoms with Crippen LogP contribution < -0.4 is 0 Å². The molecule has 0 radical (unpaired) electrons. The lowest BCUT2D eigenvalue weighted by Gasteiger charge is -2.04. The van der Waals surface area contributed by atoms with E-state index in [2.05, 4.69) is 10.2 Å². The van der Waals surface area contributed by atoms with Crippen molar-refractivity contribution in [3.8, 4) is 11.5 Å². The molecule has 0 aliphatic rings. The first-order chi connectivity index (χ1) is 15.2. The summed E-state index contributed by atoms with van der Waals surface area (Å²) >= 11 is 0. The highest BCUT2D eigenvalue weighted by atomic mass is 19.1. The van der Waals surface area contributed by atoms with Crippen molar-refractivity contribution in [2.75, 3.05) is 0 Å². The first-order valence-electron chi connectivity index (χ1n) is 9.89. The third kappa shape index (κ3) is 2.93. The molecule has 0 amide bonds. The van der Waals surface area contributed by atoms with Crippen molar-refractivity contribution >= 4 is 33.1 Å². The van der Waals surface area contributed by atoms with Crippen molar-refractivity contribution in [1.29, 1.82) is 0 Å². The molecule has 3 aromatic carbocycles. The van der Waals surface area contributed by atoms with E-state index in [0.29, 0.717) is 34.9 Å². The normalized spacial score (nSPS) is 11.7. The molecule has 0 atom stereocenters. The van der Waals surface area contributed by atoms with Gasteiger partial charge in [0, 0.05) is 10.9 Å². The number of hydrogen-bond acceptors (Lipinski definition) is 5. The molecule has 6 rings (SSSR count). The zero-order valence-electron chi connectivity index (χ0n) is 16.6. The Bertz CT molecular complexity index is 1580. The van der Waals surface area contributed by atoms with Crippen molar-refractivity contribution in [2.24, 2.45) is 0 Å². The molecule has 0 spiro atoms. The average Bonchev–Trinajstić information content (AvgIpc) is 3.36. The molecular weight excluding hydrogens is 393 g/mol. The number of benzene rings is 3. The van der Waals surface area contributed by atoms with E-state index in [1.807, 2.05) is 60.0 Å². The molecule has 0 aliphatic heterocycles. The van der Waals surface area contributed by atoms with Crippen LogP contribution in [-0.2, 0) is 6.54 Å². The predicted molar refractivity (Wildman–Crippen MR) is 116 cm³/mol. The number of fused-ring (bicyclic) bond motifs is 4. The fourth-order valence-electron chi connectivity index (χ4n) is 3.83. The van der Waals surface area contributed by atoms with Crippen LogP contribution in [0.5, 0.6) is 0 Å². The van der Waals surface area contributed by atoms with Gasteiger partial charge in [-0.1, -0.05) is 29.8 Å². The van der Waals surface area contributed by atoms with Crippen LogP contribution in [0.4, 0.5) is 4.39 Å². The Morgan fingerprint density at radius 2 is 1.68 bits per heavy atom. The largest absolute Gasteiger partial charge is 0.419 e. The van der Waals surface area contributed by atoms with E-state index < -0.39 is 0 Å². The molecule has 0 saturated carbocycles. The summed E-state index contributed by atoms with van der Waals surface area (Å²) in [6.45, 7) is 2.33. The topological polar surface area (TPSA) is 69.6 Å². The van der Waals surface area contributed by atoms with Crippen LogP contribution in [-0.4, -0.2) is 24.7 Å². The summed E-state index contributed by atoms with van der Waals surface area (Å²) in [7, 11) is 0. The van der Waals surface area contributed by atoms with Crippen LogP contribution in [0.15, 0.2) is 71.1 Å². The molecule has 0 unspecified atom stereocenters. The monoisotopic (exact) mass is 409 g/mol. The lowest BCUT2D eigenvalue weighted by molar-refractivity contribution is 0.494. The van der Waals surface area contributed by atoms with Gasteiger partial charge in [0.2, 0.25) is 11.8 Å². The van der Waals surface area contributed by atoms with Gasteiger partial charge >= 0.3 is 0 Å². The van der Waals surface area contributed by atoms with Crippen molar-refractivity contribution < 1.29 is 8.81 Å². The minimum Gasteiger partial charge on any atom is -0.419 e. The third-order valence-electron chi connectivity index (χ3n) is 5.37. The van der Waals surface area contributed by atoms with Gasteiger partial charge in [-0.15, -0.1) is 10.2 Å². The molecule has 3 aromatic heterocycles. The van der Waals surface area contributed by atoms with E-state index in [0.717, 1.165) is 27.7 Å². The second-order valence-corrected chi connectivity index (χ2v) is 7.50. The van der Waals surface area contributed by atoms with Crippen molar-refractivity contribution in [2.45, 2.75) is 13.5 Å². The number of rotatable bonds is 3. The van der Waals surface area contributed by atoms with Crippen LogP contribution in [0, 0.1) is 12.7 Å². The Morgan fingerprint density at radius 1 is 0.903 bits per heavy atom. The number of halogens is 1. The van der Waals surface area contributed by atoms with Gasteiger partial charge in [-0.25, -0.2) is 14.4 Å². The van der Waals surface area contributed by atoms with Crippen LogP contribution in [0.3, 0.4) is 0 Å². The van der Waals surface area contributed by atoms with E-state index in [1.54, 1.807) is 6.07 Å². The Morgan fingerprint density at radius 3 is 2.48 bits per heavy atom. The quantitative estimate of drug-likeness (QED) is 0.398. The van der Waals surface area contributed by atoms with Gasteiger partial charge in [0.15, 0.2) is 5.65 Å². The standard InChI is InChI=1S/C24H16FN5O/c1-14-6-8-15(9-7-14)24-29-28-21(31-24)13-30-20-11-10-16(25)12-17(20)22-23(30)27-19-5-3-2-4-18(19)26-22/h2-12H,13H2,1H3. The maximum absolute atomic E-state index is 14.0. The molecule has 6 aromatic rings. The Hall–Kier alpha value is -4.13. The first kappa shape index (κ1) is 17.7. The minimum atomic E-state index is -0.319. The summed E-state index contributed by atoms with van der Waals surface area (Å²) < 4.78 is 21.9. The highest BCUT2D eigenvalue weighted by Crippen LogP contribution is 2.30. The second kappa shape index (κ2) is 6.70. The van der Waals surface area contributed by atoms with Gasteiger partial charge in [-0.2, -0.15) is 0 Å². The van der Waals surface area contributed by atoms with Crippen LogP contribution >= 0.6 is 0 Å². The average molecular weight is 409 g/mol. The molecule has 0 fully saturated rings. The van der Waals surface area contributed by atoms with Gasteiger partial charge in [-0.3, -0.25) is 0 Å². The maximum atomic E-state index is 14.0. The van der Waals surface area contributed by atoms with Gasteiger partial charge < -0.3 is 8.98 Å². The van der Waals surface area contributed by atoms with Crippen LogP contribution in [0.2, 0.25) is 0 Å². The summed E-state index contributed by atoms with van der Waals surface area (Å²) in [5, 5.41) is 9.12. The summed E-state index contributed by atoms with van der Waals surface area (Å²) in [4.78, 5) is 9.56. The van der Waals surface area contributed by atoms with Gasteiger partial charge in [-0.05, 0) is 49.4 Å². The fourth-order valence-corrected chi connectivity index (χ4v) is 3.83. The number of aromatic nitrogens is 5. The van der Waals surface area contributed by atoms with Crippen LogP contribution in [0.25, 0.3) is 44.6 Å². The van der Waals surface area contributed by atoms with Gasteiger partial charge in [0.1, 0.15) is 17.9 Å². The minimum absolute atomic E-state index is 0.303. The molecule has 150 valence electrons. The third-order valence-corrected chi connectivity index (χ3v) is 5.37. The molecule has 0 N–H and O–H groups in total. The lowest BCUT2D eigenvalue weighted by Crippen LogP contribution is -2.01. The van der Waals surface area contributed by atoms with Crippen molar-refractivity contribution in [3.05, 3.63) is 84.0 Å². The maximum Gasteiger partial charge on any atom is 0.247 e. The fraction of sp³-hybridized carbons (Fsp3) is 0.0833. The number of nitrogens with zero attached hydrogens (tertiary/aromatic N) is 5. The highest BCUT2D eigenvalue weighted by Gasteiger charge is 2.18.